The summed E-state index contributed by atoms with van der Waals surface area (Å²) in [6.07, 6.45) is 1.17. The van der Waals surface area contributed by atoms with Crippen LogP contribution < -0.4 is 20.5 Å². The molecule has 2 amide bonds. The highest BCUT2D eigenvalue weighted by Crippen LogP contribution is 2.40. The Kier molecular flexibility index (Phi) is 5.34. The van der Waals surface area contributed by atoms with Gasteiger partial charge in [0.15, 0.2) is 28.8 Å². The van der Waals surface area contributed by atoms with Crippen molar-refractivity contribution in [2.75, 3.05) is 12.1 Å². The molecule has 2 aliphatic rings. The van der Waals surface area contributed by atoms with Crippen LogP contribution in [0.15, 0.2) is 48.5 Å². The first-order chi connectivity index (χ1) is 17.8. The Balaban J connectivity index is 1.44. The largest absolute Gasteiger partial charge is 0.454 e. The number of primary amides is 1. The van der Waals surface area contributed by atoms with Crippen molar-refractivity contribution in [2.45, 2.75) is 12.8 Å². The smallest absolute Gasteiger partial charge is 0.269 e. The molecule has 1 aliphatic heterocycles. The molecule has 3 N–H and O–H groups in total. The first-order valence-electron chi connectivity index (χ1n) is 11.2. The van der Waals surface area contributed by atoms with Crippen LogP contribution in [0.3, 0.4) is 0 Å². The van der Waals surface area contributed by atoms with Crippen molar-refractivity contribution in [3.8, 4) is 28.4 Å². The summed E-state index contributed by atoms with van der Waals surface area (Å²) < 4.78 is 39.7. The Morgan fingerprint density at radius 2 is 1.78 bits per heavy atom. The minimum atomic E-state index is -1.18. The summed E-state index contributed by atoms with van der Waals surface area (Å²) in [5, 5.41) is 6.98. The number of halogens is 3. The van der Waals surface area contributed by atoms with Gasteiger partial charge in [0.05, 0.1) is 22.0 Å². The lowest BCUT2D eigenvalue weighted by Gasteiger charge is -2.20. The molecule has 0 atom stereocenters. The quantitative estimate of drug-likeness (QED) is 0.379. The van der Waals surface area contributed by atoms with E-state index in [1.165, 1.54) is 0 Å². The van der Waals surface area contributed by atoms with Crippen LogP contribution in [-0.2, 0) is 12.8 Å². The van der Waals surface area contributed by atoms with E-state index in [9.17, 15) is 18.4 Å². The summed E-state index contributed by atoms with van der Waals surface area (Å²) in [6.45, 7) is 0.108. The summed E-state index contributed by atoms with van der Waals surface area (Å²) in [6, 6.07) is 12.1. The predicted molar refractivity (Wildman–Crippen MR) is 130 cm³/mol. The maximum Gasteiger partial charge on any atom is 0.269 e. The lowest BCUT2D eigenvalue weighted by atomic mass is 9.88. The number of nitrogens with one attached hydrogen (secondary N) is 1. The van der Waals surface area contributed by atoms with Gasteiger partial charge in [-0.2, -0.15) is 5.10 Å². The molecular weight excluding hydrogens is 506 g/mol. The molecule has 3 aromatic carbocycles. The van der Waals surface area contributed by atoms with Gasteiger partial charge in [0.1, 0.15) is 0 Å². The first kappa shape index (κ1) is 23.0. The number of benzene rings is 3. The zero-order valence-corrected chi connectivity index (χ0v) is 19.7. The fraction of sp³-hybridized carbons (Fsp3) is 0.115. The third-order valence-electron chi connectivity index (χ3n) is 6.34. The van der Waals surface area contributed by atoms with Crippen LogP contribution in [0.1, 0.15) is 32.0 Å². The first-order valence-corrected chi connectivity index (χ1v) is 11.6. The molecule has 0 saturated heterocycles. The number of rotatable bonds is 4. The Bertz CT molecular complexity index is 1640. The third kappa shape index (κ3) is 3.86. The van der Waals surface area contributed by atoms with Crippen LogP contribution in [0.25, 0.3) is 16.9 Å². The molecule has 6 rings (SSSR count). The lowest BCUT2D eigenvalue weighted by molar-refractivity contribution is 0.0992. The van der Waals surface area contributed by atoms with E-state index in [0.717, 1.165) is 23.3 Å². The van der Waals surface area contributed by atoms with Crippen molar-refractivity contribution >= 4 is 29.1 Å². The van der Waals surface area contributed by atoms with Gasteiger partial charge in [0.2, 0.25) is 6.79 Å². The molecule has 1 aliphatic carbocycles. The number of aryl methyl sites for hydroxylation is 1. The third-order valence-corrected chi connectivity index (χ3v) is 6.65. The number of nitrogens with zero attached hydrogens (tertiary/aromatic N) is 2. The monoisotopic (exact) mass is 522 g/mol. The molecule has 0 saturated carbocycles. The fourth-order valence-electron chi connectivity index (χ4n) is 4.61. The summed E-state index contributed by atoms with van der Waals surface area (Å²) >= 11 is 5.96. The molecule has 0 radical (unpaired) electrons. The number of hydrogen-bond acceptors (Lipinski definition) is 5. The normalized spacial score (nSPS) is 13.2. The second-order valence-electron chi connectivity index (χ2n) is 8.56. The molecule has 37 heavy (non-hydrogen) atoms. The molecule has 0 unspecified atom stereocenters. The number of anilines is 1. The maximum absolute atomic E-state index is 13.7. The molecule has 11 heteroatoms. The molecule has 4 aromatic rings. The summed E-state index contributed by atoms with van der Waals surface area (Å²) in [5.74, 6) is -2.55. The van der Waals surface area contributed by atoms with Gasteiger partial charge < -0.3 is 20.5 Å². The van der Waals surface area contributed by atoms with Crippen LogP contribution in [0.5, 0.6) is 11.5 Å². The Morgan fingerprint density at radius 1 is 1.00 bits per heavy atom. The number of aromatic nitrogens is 2. The maximum atomic E-state index is 13.7. The number of ether oxygens (including phenoxy) is 2. The van der Waals surface area contributed by atoms with Gasteiger partial charge in [-0.3, -0.25) is 9.59 Å². The second-order valence-corrected chi connectivity index (χ2v) is 8.97. The van der Waals surface area contributed by atoms with Crippen LogP contribution in [0.2, 0.25) is 5.02 Å². The minimum Gasteiger partial charge on any atom is -0.454 e. The van der Waals surface area contributed by atoms with Gasteiger partial charge >= 0.3 is 0 Å². The molecule has 0 bridgehead atoms. The van der Waals surface area contributed by atoms with Gasteiger partial charge in [-0.15, -0.1) is 0 Å². The number of hydrogen-bond donors (Lipinski definition) is 2. The highest BCUT2D eigenvalue weighted by atomic mass is 35.5. The van der Waals surface area contributed by atoms with Gasteiger partial charge in [0, 0.05) is 22.9 Å². The van der Waals surface area contributed by atoms with Crippen molar-refractivity contribution in [3.63, 3.8) is 0 Å². The standard InChI is InChI=1S/C26H17ClF2N4O4/c27-18-10-20(29)19(28)9-17(18)26(35)31-13-3-1-12-2-5-15-23(25(30)34)32-33(24(15)16(12)7-13)14-4-6-21-22(8-14)37-11-36-21/h1,3-4,6-10H,2,5,11H2,(H2,30,34)(H,31,35). The molecule has 186 valence electrons. The van der Waals surface area contributed by atoms with Crippen LogP contribution in [0.4, 0.5) is 14.5 Å². The van der Waals surface area contributed by atoms with Crippen molar-refractivity contribution in [1.29, 1.82) is 0 Å². The van der Waals surface area contributed by atoms with Crippen molar-refractivity contribution < 1.29 is 27.8 Å². The van der Waals surface area contributed by atoms with Gasteiger partial charge in [-0.25, -0.2) is 13.5 Å². The topological polar surface area (TPSA) is 108 Å². The van der Waals surface area contributed by atoms with Crippen molar-refractivity contribution in [2.24, 2.45) is 5.73 Å². The summed E-state index contributed by atoms with van der Waals surface area (Å²) in [7, 11) is 0. The minimum absolute atomic E-state index is 0.108. The van der Waals surface area contributed by atoms with Crippen LogP contribution >= 0.6 is 11.6 Å². The number of carbonyl (C=O) groups excluding carboxylic acids is 2. The van der Waals surface area contributed by atoms with Gasteiger partial charge in [-0.05, 0) is 54.8 Å². The van der Waals surface area contributed by atoms with Crippen LogP contribution in [-0.4, -0.2) is 28.4 Å². The molecule has 8 nitrogen and oxygen atoms in total. The summed E-state index contributed by atoms with van der Waals surface area (Å²) in [5.41, 5.74) is 9.64. The SMILES string of the molecule is NC(=O)c1nn(-c2ccc3c(c2)OCO3)c2c1CCc1ccc(NC(=O)c3cc(F)c(F)cc3Cl)cc1-2. The number of amides is 2. The average Bonchev–Trinajstić information content (AvgIpc) is 3.50. The predicted octanol–water partition coefficient (Wildman–Crippen LogP) is 4.65. The molecule has 0 fully saturated rings. The Morgan fingerprint density at radius 3 is 2.59 bits per heavy atom. The van der Waals surface area contributed by atoms with E-state index in [4.69, 9.17) is 26.8 Å². The van der Waals surface area contributed by atoms with E-state index in [1.807, 2.05) is 6.07 Å². The highest BCUT2D eigenvalue weighted by molar-refractivity contribution is 6.34. The lowest BCUT2D eigenvalue weighted by Crippen LogP contribution is -2.16. The van der Waals surface area contributed by atoms with E-state index in [-0.39, 0.29) is 23.1 Å². The van der Waals surface area contributed by atoms with E-state index in [2.05, 4.69) is 10.4 Å². The number of fused-ring (bicyclic) bond motifs is 4. The zero-order chi connectivity index (χ0) is 25.8. The average molecular weight is 523 g/mol. The second kappa shape index (κ2) is 8.59. The Hall–Kier alpha value is -4.44. The molecular formula is C26H17ClF2N4O4. The molecule has 1 aromatic heterocycles. The summed E-state index contributed by atoms with van der Waals surface area (Å²) in [4.78, 5) is 25.1. The molecule has 2 heterocycles. The fourth-order valence-corrected chi connectivity index (χ4v) is 4.85. The van der Waals surface area contributed by atoms with Gasteiger partial charge in [0.25, 0.3) is 11.8 Å². The van der Waals surface area contributed by atoms with Gasteiger partial charge in [-0.1, -0.05) is 17.7 Å². The van der Waals surface area contributed by atoms with E-state index < -0.39 is 23.4 Å². The van der Waals surface area contributed by atoms with Crippen molar-refractivity contribution in [1.82, 2.24) is 9.78 Å². The Labute approximate surface area is 213 Å². The zero-order valence-electron chi connectivity index (χ0n) is 19.0. The van der Waals surface area contributed by atoms with Crippen LogP contribution in [0, 0.1) is 11.6 Å². The number of carbonyl (C=O) groups is 2. The van der Waals surface area contributed by atoms with E-state index in [1.54, 1.807) is 35.0 Å². The van der Waals surface area contributed by atoms with Crippen molar-refractivity contribution in [3.05, 3.63) is 87.6 Å². The van der Waals surface area contributed by atoms with E-state index in [0.29, 0.717) is 47.0 Å². The number of nitrogens with two attached hydrogens (primary N) is 1. The van der Waals surface area contributed by atoms with E-state index >= 15 is 0 Å². The molecule has 0 spiro atoms. The highest BCUT2D eigenvalue weighted by Gasteiger charge is 2.29.